The van der Waals surface area contributed by atoms with Crippen molar-refractivity contribution in [2.24, 2.45) is 0 Å². The molecule has 2 aromatic carbocycles. The van der Waals surface area contributed by atoms with Crippen molar-refractivity contribution in [1.29, 1.82) is 0 Å². The average Bonchev–Trinajstić information content (AvgIpc) is 2.60. The largest absolute Gasteiger partial charge is 0.497 e. The molecule has 0 atom stereocenters. The third-order valence-corrected chi connectivity index (χ3v) is 3.37. The maximum atomic E-state index is 11.8. The highest BCUT2D eigenvalue weighted by atomic mass is 16.5. The maximum absolute atomic E-state index is 11.8. The average molecular weight is 326 g/mol. The highest BCUT2D eigenvalue weighted by Gasteiger charge is 2.13. The van der Waals surface area contributed by atoms with Crippen molar-refractivity contribution in [2.45, 2.75) is 13.5 Å². The van der Waals surface area contributed by atoms with Gasteiger partial charge in [-0.05, 0) is 48.9 Å². The molecule has 0 fully saturated rings. The summed E-state index contributed by atoms with van der Waals surface area (Å²) >= 11 is 0. The van der Waals surface area contributed by atoms with Gasteiger partial charge in [0.1, 0.15) is 5.75 Å². The highest BCUT2D eigenvalue weighted by Crippen LogP contribution is 2.11. The molecule has 24 heavy (non-hydrogen) atoms. The van der Waals surface area contributed by atoms with Gasteiger partial charge >= 0.3 is 11.8 Å². The molecule has 0 aliphatic heterocycles. The number of amides is 2. The standard InChI is InChI=1S/C18H18N2O4/c1-12(21)14-5-7-15(8-6-14)20-18(23)17(22)19-11-13-3-9-16(24-2)10-4-13/h3-10H,11H2,1-2H3,(H,19,22)(H,20,23). The quantitative estimate of drug-likeness (QED) is 0.651. The zero-order chi connectivity index (χ0) is 17.5. The van der Waals surface area contributed by atoms with E-state index >= 15 is 0 Å². The first kappa shape index (κ1) is 17.2. The Kier molecular flexibility index (Phi) is 5.68. The van der Waals surface area contributed by atoms with Gasteiger partial charge in [-0.2, -0.15) is 0 Å². The molecule has 0 saturated carbocycles. The second kappa shape index (κ2) is 7.92. The van der Waals surface area contributed by atoms with Crippen LogP contribution in [0.5, 0.6) is 5.75 Å². The second-order valence-corrected chi connectivity index (χ2v) is 5.12. The van der Waals surface area contributed by atoms with Gasteiger partial charge in [-0.3, -0.25) is 14.4 Å². The Morgan fingerprint density at radius 1 is 0.917 bits per heavy atom. The Balaban J connectivity index is 1.87. The van der Waals surface area contributed by atoms with E-state index in [1.54, 1.807) is 55.6 Å². The number of ether oxygens (including phenoxy) is 1. The van der Waals surface area contributed by atoms with E-state index in [0.717, 1.165) is 11.3 Å². The van der Waals surface area contributed by atoms with Crippen molar-refractivity contribution in [3.8, 4) is 5.75 Å². The number of anilines is 1. The number of ketones is 1. The SMILES string of the molecule is COc1ccc(CNC(=O)C(=O)Nc2ccc(C(C)=O)cc2)cc1. The van der Waals surface area contributed by atoms with Crippen LogP contribution in [0.4, 0.5) is 5.69 Å². The molecular weight excluding hydrogens is 308 g/mol. The van der Waals surface area contributed by atoms with Gasteiger partial charge in [0.2, 0.25) is 0 Å². The molecular formula is C18H18N2O4. The van der Waals surface area contributed by atoms with Crippen LogP contribution in [-0.4, -0.2) is 24.7 Å². The molecule has 0 radical (unpaired) electrons. The van der Waals surface area contributed by atoms with E-state index in [2.05, 4.69) is 10.6 Å². The number of benzene rings is 2. The Morgan fingerprint density at radius 3 is 2.08 bits per heavy atom. The minimum atomic E-state index is -0.765. The lowest BCUT2D eigenvalue weighted by Gasteiger charge is -2.07. The van der Waals surface area contributed by atoms with Gasteiger partial charge in [0.05, 0.1) is 7.11 Å². The van der Waals surface area contributed by atoms with Gasteiger partial charge in [-0.1, -0.05) is 12.1 Å². The Labute approximate surface area is 139 Å². The van der Waals surface area contributed by atoms with Gasteiger partial charge in [0.25, 0.3) is 0 Å². The van der Waals surface area contributed by atoms with E-state index in [0.29, 0.717) is 11.3 Å². The van der Waals surface area contributed by atoms with Crippen LogP contribution in [0.25, 0.3) is 0 Å². The lowest BCUT2D eigenvalue weighted by Crippen LogP contribution is -2.34. The number of carbonyl (C=O) groups excluding carboxylic acids is 3. The molecule has 124 valence electrons. The fraction of sp³-hybridized carbons (Fsp3) is 0.167. The number of carbonyl (C=O) groups is 3. The predicted molar refractivity (Wildman–Crippen MR) is 89.9 cm³/mol. The van der Waals surface area contributed by atoms with Gasteiger partial charge in [-0.25, -0.2) is 0 Å². The minimum Gasteiger partial charge on any atom is -0.497 e. The molecule has 0 aromatic heterocycles. The molecule has 0 saturated heterocycles. The highest BCUT2D eigenvalue weighted by molar-refractivity contribution is 6.39. The normalized spacial score (nSPS) is 9.92. The van der Waals surface area contributed by atoms with Crippen LogP contribution in [-0.2, 0) is 16.1 Å². The number of nitrogens with one attached hydrogen (secondary N) is 2. The molecule has 0 spiro atoms. The van der Waals surface area contributed by atoms with E-state index in [9.17, 15) is 14.4 Å². The first-order chi connectivity index (χ1) is 11.5. The Bertz CT molecular complexity index is 737. The van der Waals surface area contributed by atoms with Crippen molar-refractivity contribution in [3.05, 3.63) is 59.7 Å². The third kappa shape index (κ3) is 4.67. The summed E-state index contributed by atoms with van der Waals surface area (Å²) in [6.45, 7) is 1.69. The zero-order valence-corrected chi connectivity index (χ0v) is 13.5. The van der Waals surface area contributed by atoms with Crippen LogP contribution in [0.15, 0.2) is 48.5 Å². The monoisotopic (exact) mass is 326 g/mol. The van der Waals surface area contributed by atoms with Crippen molar-refractivity contribution < 1.29 is 19.1 Å². The smallest absolute Gasteiger partial charge is 0.313 e. The van der Waals surface area contributed by atoms with Crippen molar-refractivity contribution in [3.63, 3.8) is 0 Å². The summed E-state index contributed by atoms with van der Waals surface area (Å²) in [4.78, 5) is 34.8. The van der Waals surface area contributed by atoms with Crippen LogP contribution in [0.2, 0.25) is 0 Å². The van der Waals surface area contributed by atoms with E-state index in [-0.39, 0.29) is 12.3 Å². The van der Waals surface area contributed by atoms with Crippen molar-refractivity contribution in [1.82, 2.24) is 5.32 Å². The van der Waals surface area contributed by atoms with Crippen LogP contribution in [0, 0.1) is 0 Å². The summed E-state index contributed by atoms with van der Waals surface area (Å²) < 4.78 is 5.05. The topological polar surface area (TPSA) is 84.5 Å². The second-order valence-electron chi connectivity index (χ2n) is 5.12. The molecule has 0 aliphatic carbocycles. The van der Waals surface area contributed by atoms with Gasteiger partial charge in [-0.15, -0.1) is 0 Å². The van der Waals surface area contributed by atoms with Gasteiger partial charge < -0.3 is 15.4 Å². The third-order valence-electron chi connectivity index (χ3n) is 3.37. The van der Waals surface area contributed by atoms with E-state index in [1.165, 1.54) is 6.92 Å². The van der Waals surface area contributed by atoms with Gasteiger partial charge in [0.15, 0.2) is 5.78 Å². The van der Waals surface area contributed by atoms with Crippen molar-refractivity contribution >= 4 is 23.3 Å². The molecule has 0 aliphatic rings. The fourth-order valence-corrected chi connectivity index (χ4v) is 1.98. The lowest BCUT2D eigenvalue weighted by molar-refractivity contribution is -0.136. The minimum absolute atomic E-state index is 0.0647. The van der Waals surface area contributed by atoms with Crippen molar-refractivity contribution in [2.75, 3.05) is 12.4 Å². The summed E-state index contributed by atoms with van der Waals surface area (Å²) in [5.41, 5.74) is 1.84. The first-order valence-corrected chi connectivity index (χ1v) is 7.32. The number of Topliss-reactive ketones (excluding diaryl/α,β-unsaturated/α-hetero) is 1. The number of hydrogen-bond donors (Lipinski definition) is 2. The van der Waals surface area contributed by atoms with Crippen LogP contribution >= 0.6 is 0 Å². The zero-order valence-electron chi connectivity index (χ0n) is 13.5. The van der Waals surface area contributed by atoms with E-state index in [4.69, 9.17) is 4.74 Å². The molecule has 2 N–H and O–H groups in total. The number of hydrogen-bond acceptors (Lipinski definition) is 4. The Morgan fingerprint density at radius 2 is 1.54 bits per heavy atom. The molecule has 0 unspecified atom stereocenters. The van der Waals surface area contributed by atoms with Crippen LogP contribution < -0.4 is 15.4 Å². The van der Waals surface area contributed by atoms with E-state index in [1.807, 2.05) is 0 Å². The molecule has 6 nitrogen and oxygen atoms in total. The summed E-state index contributed by atoms with van der Waals surface area (Å²) in [5, 5.41) is 5.02. The van der Waals surface area contributed by atoms with Crippen LogP contribution in [0.3, 0.4) is 0 Å². The maximum Gasteiger partial charge on any atom is 0.313 e. The van der Waals surface area contributed by atoms with E-state index < -0.39 is 11.8 Å². The van der Waals surface area contributed by atoms with Crippen LogP contribution in [0.1, 0.15) is 22.8 Å². The fourth-order valence-electron chi connectivity index (χ4n) is 1.98. The molecule has 0 bridgehead atoms. The van der Waals surface area contributed by atoms with Gasteiger partial charge in [0, 0.05) is 17.8 Å². The number of methoxy groups -OCH3 is 1. The summed E-state index contributed by atoms with van der Waals surface area (Å²) in [5.74, 6) is -0.845. The summed E-state index contributed by atoms with van der Waals surface area (Å²) in [6.07, 6.45) is 0. The summed E-state index contributed by atoms with van der Waals surface area (Å²) in [6, 6.07) is 13.5. The molecule has 2 amide bonds. The molecule has 0 heterocycles. The first-order valence-electron chi connectivity index (χ1n) is 7.32. The molecule has 6 heteroatoms. The summed E-state index contributed by atoms with van der Waals surface area (Å²) in [7, 11) is 1.57. The lowest BCUT2D eigenvalue weighted by atomic mass is 10.1. The molecule has 2 aromatic rings. The molecule has 2 rings (SSSR count). The predicted octanol–water partition coefficient (Wildman–Crippen LogP) is 2.15. The number of rotatable bonds is 5. The Hall–Kier alpha value is -3.15.